The molecule has 0 aliphatic rings. The summed E-state index contributed by atoms with van der Waals surface area (Å²) in [6, 6.07) is 22.2. The average molecular weight is 460 g/mol. The van der Waals surface area contributed by atoms with Crippen molar-refractivity contribution in [1.82, 2.24) is 4.57 Å². The summed E-state index contributed by atoms with van der Waals surface area (Å²) in [6.07, 6.45) is -0.687. The highest BCUT2D eigenvalue weighted by molar-refractivity contribution is 9.10. The third-order valence-electron chi connectivity index (χ3n) is 4.25. The zero-order valence-corrected chi connectivity index (χ0v) is 16.5. The minimum atomic E-state index is -0.687. The van der Waals surface area contributed by atoms with Crippen molar-refractivity contribution in [3.05, 3.63) is 75.7 Å². The maximum atomic E-state index is 10.6. The van der Waals surface area contributed by atoms with Crippen LogP contribution in [0.1, 0.15) is 0 Å². The molecule has 2 N–H and O–H groups in total. The lowest BCUT2D eigenvalue weighted by Crippen LogP contribution is -2.24. The normalized spacial score (nSPS) is 12.6. The highest BCUT2D eigenvalue weighted by Gasteiger charge is 2.14. The highest BCUT2D eigenvalue weighted by atomic mass is 79.9. The van der Waals surface area contributed by atoms with E-state index in [1.807, 2.05) is 42.5 Å². The third kappa shape index (κ3) is 3.32. The molecule has 25 heavy (non-hydrogen) atoms. The van der Waals surface area contributed by atoms with Crippen molar-refractivity contribution >= 4 is 59.4 Å². The molecule has 5 heteroatoms. The van der Waals surface area contributed by atoms with E-state index >= 15 is 0 Å². The number of benzene rings is 3. The molecule has 4 rings (SSSR count). The van der Waals surface area contributed by atoms with Crippen LogP contribution in [0.2, 0.25) is 0 Å². The van der Waals surface area contributed by atoms with Gasteiger partial charge in [-0.05, 0) is 48.5 Å². The first kappa shape index (κ1) is 16.6. The molecule has 3 nitrogen and oxygen atoms in total. The smallest absolute Gasteiger partial charge is 0.142 e. The van der Waals surface area contributed by atoms with Gasteiger partial charge in [0.05, 0.1) is 6.54 Å². The number of nitrogens with one attached hydrogen (secondary N) is 1. The monoisotopic (exact) mass is 458 g/mol. The molecular formula is C20H16Br2N2O. The van der Waals surface area contributed by atoms with Crippen molar-refractivity contribution in [3.63, 3.8) is 0 Å². The summed E-state index contributed by atoms with van der Waals surface area (Å²) in [5.74, 6) is 0. The van der Waals surface area contributed by atoms with Gasteiger partial charge in [0, 0.05) is 36.4 Å². The molecule has 0 spiro atoms. The Morgan fingerprint density at radius 2 is 1.40 bits per heavy atom. The van der Waals surface area contributed by atoms with Gasteiger partial charge in [0.25, 0.3) is 0 Å². The predicted molar refractivity (Wildman–Crippen MR) is 111 cm³/mol. The number of anilines is 1. The molecule has 1 atom stereocenters. The van der Waals surface area contributed by atoms with Crippen LogP contribution < -0.4 is 5.32 Å². The van der Waals surface area contributed by atoms with E-state index in [1.165, 1.54) is 0 Å². The van der Waals surface area contributed by atoms with E-state index in [1.54, 1.807) is 0 Å². The van der Waals surface area contributed by atoms with Crippen LogP contribution in [0.25, 0.3) is 21.8 Å². The van der Waals surface area contributed by atoms with Crippen LogP contribution in [-0.2, 0) is 6.54 Å². The zero-order chi connectivity index (χ0) is 17.4. The van der Waals surface area contributed by atoms with Crippen molar-refractivity contribution in [1.29, 1.82) is 0 Å². The van der Waals surface area contributed by atoms with Crippen molar-refractivity contribution in [2.24, 2.45) is 0 Å². The minimum Gasteiger partial charge on any atom is -0.372 e. The van der Waals surface area contributed by atoms with Gasteiger partial charge >= 0.3 is 0 Å². The summed E-state index contributed by atoms with van der Waals surface area (Å²) in [5, 5.41) is 16.0. The number of aliphatic hydroxyl groups excluding tert-OH is 1. The van der Waals surface area contributed by atoms with Crippen LogP contribution in [0, 0.1) is 0 Å². The number of rotatable bonds is 4. The van der Waals surface area contributed by atoms with Gasteiger partial charge in [-0.3, -0.25) is 0 Å². The largest absolute Gasteiger partial charge is 0.372 e. The Morgan fingerprint density at radius 1 is 0.840 bits per heavy atom. The van der Waals surface area contributed by atoms with E-state index in [9.17, 15) is 5.11 Å². The van der Waals surface area contributed by atoms with Crippen LogP contribution in [0.15, 0.2) is 75.7 Å². The second kappa shape index (κ2) is 6.83. The third-order valence-corrected chi connectivity index (χ3v) is 5.24. The predicted octanol–water partition coefficient (Wildman–Crippen LogP) is 5.75. The molecule has 0 amide bonds. The van der Waals surface area contributed by atoms with Crippen LogP contribution in [0.3, 0.4) is 0 Å². The molecule has 4 aromatic rings. The second-order valence-corrected chi connectivity index (χ2v) is 7.79. The van der Waals surface area contributed by atoms with E-state index in [0.29, 0.717) is 6.54 Å². The van der Waals surface area contributed by atoms with E-state index in [2.05, 4.69) is 66.0 Å². The van der Waals surface area contributed by atoms with Gasteiger partial charge in [0.1, 0.15) is 6.23 Å². The number of nitrogens with zero attached hydrogens (tertiary/aromatic N) is 1. The van der Waals surface area contributed by atoms with Crippen LogP contribution in [0.4, 0.5) is 5.69 Å². The topological polar surface area (TPSA) is 37.2 Å². The van der Waals surface area contributed by atoms with Gasteiger partial charge in [-0.25, -0.2) is 0 Å². The summed E-state index contributed by atoms with van der Waals surface area (Å²) in [6.45, 7) is 0.457. The Morgan fingerprint density at radius 3 is 1.96 bits per heavy atom. The molecule has 0 aliphatic heterocycles. The van der Waals surface area contributed by atoms with Crippen LogP contribution in [-0.4, -0.2) is 15.9 Å². The number of hydrogen-bond acceptors (Lipinski definition) is 2. The van der Waals surface area contributed by atoms with Gasteiger partial charge in [-0.2, -0.15) is 0 Å². The first-order valence-corrected chi connectivity index (χ1v) is 9.57. The summed E-state index contributed by atoms with van der Waals surface area (Å²) in [4.78, 5) is 0. The number of fused-ring (bicyclic) bond motifs is 3. The quantitative estimate of drug-likeness (QED) is 0.381. The van der Waals surface area contributed by atoms with Crippen molar-refractivity contribution < 1.29 is 5.11 Å². The second-order valence-electron chi connectivity index (χ2n) is 5.96. The van der Waals surface area contributed by atoms with E-state index in [0.717, 1.165) is 36.4 Å². The molecule has 0 bridgehead atoms. The van der Waals surface area contributed by atoms with Gasteiger partial charge in [0.15, 0.2) is 0 Å². The molecule has 0 saturated heterocycles. The maximum Gasteiger partial charge on any atom is 0.142 e. The standard InChI is InChI=1S/C20H16Br2N2O/c21-13-6-8-18-16(10-13)17-11-14(22)7-9-19(17)24(18)12-20(25)23-15-4-2-1-3-5-15/h1-11,20,23,25H,12H2. The molecule has 126 valence electrons. The Hall–Kier alpha value is -1.82. The van der Waals surface area contributed by atoms with E-state index < -0.39 is 6.23 Å². The first-order valence-electron chi connectivity index (χ1n) is 7.98. The lowest BCUT2D eigenvalue weighted by atomic mass is 10.2. The fourth-order valence-electron chi connectivity index (χ4n) is 3.19. The van der Waals surface area contributed by atoms with Gasteiger partial charge < -0.3 is 15.0 Å². The first-order chi connectivity index (χ1) is 12.1. The van der Waals surface area contributed by atoms with E-state index in [-0.39, 0.29) is 0 Å². The summed E-state index contributed by atoms with van der Waals surface area (Å²) >= 11 is 7.12. The summed E-state index contributed by atoms with van der Waals surface area (Å²) in [7, 11) is 0. The fraction of sp³-hybridized carbons (Fsp3) is 0.100. The van der Waals surface area contributed by atoms with E-state index in [4.69, 9.17) is 0 Å². The molecule has 0 radical (unpaired) electrons. The van der Waals surface area contributed by atoms with Gasteiger partial charge in [-0.1, -0.05) is 50.1 Å². The molecule has 3 aromatic carbocycles. The molecule has 0 saturated carbocycles. The molecule has 1 heterocycles. The molecule has 1 unspecified atom stereocenters. The Bertz CT molecular complexity index is 985. The Kier molecular flexibility index (Phi) is 4.54. The SMILES string of the molecule is OC(Cn1c2ccc(Br)cc2c2cc(Br)ccc21)Nc1ccccc1. The number of hydrogen-bond donors (Lipinski definition) is 2. The summed E-state index contributed by atoms with van der Waals surface area (Å²) in [5.41, 5.74) is 3.11. The number of aromatic nitrogens is 1. The number of aliphatic hydroxyl groups is 1. The lowest BCUT2D eigenvalue weighted by molar-refractivity contribution is 0.185. The Labute approximate surface area is 162 Å². The Balaban J connectivity index is 1.77. The number of para-hydroxylation sites is 1. The maximum absolute atomic E-state index is 10.6. The molecule has 1 aromatic heterocycles. The molecular weight excluding hydrogens is 444 g/mol. The lowest BCUT2D eigenvalue weighted by Gasteiger charge is -2.16. The van der Waals surface area contributed by atoms with Crippen molar-refractivity contribution in [2.45, 2.75) is 12.8 Å². The average Bonchev–Trinajstić information content (AvgIpc) is 2.88. The van der Waals surface area contributed by atoms with Gasteiger partial charge in [-0.15, -0.1) is 0 Å². The summed E-state index contributed by atoms with van der Waals surface area (Å²) < 4.78 is 4.24. The van der Waals surface area contributed by atoms with Crippen molar-refractivity contribution in [3.8, 4) is 0 Å². The number of halogens is 2. The molecule has 0 aliphatic carbocycles. The zero-order valence-electron chi connectivity index (χ0n) is 13.3. The highest BCUT2D eigenvalue weighted by Crippen LogP contribution is 2.33. The minimum absolute atomic E-state index is 0.457. The fourth-order valence-corrected chi connectivity index (χ4v) is 3.91. The van der Waals surface area contributed by atoms with Crippen LogP contribution in [0.5, 0.6) is 0 Å². The van der Waals surface area contributed by atoms with Crippen molar-refractivity contribution in [2.75, 3.05) is 5.32 Å². The van der Waals surface area contributed by atoms with Crippen LogP contribution >= 0.6 is 31.9 Å². The van der Waals surface area contributed by atoms with Gasteiger partial charge in [0.2, 0.25) is 0 Å². The molecule has 0 fully saturated rings.